The molecule has 0 bridgehead atoms. The lowest BCUT2D eigenvalue weighted by molar-refractivity contribution is 0.188. The number of nitrogens with two attached hydrogens (primary N) is 1. The van der Waals surface area contributed by atoms with Gasteiger partial charge < -0.3 is 30.3 Å². The molecule has 0 saturated carbocycles. The van der Waals surface area contributed by atoms with Crippen molar-refractivity contribution < 1.29 is 9.84 Å². The number of benzene rings is 2. The number of aliphatic hydroxyl groups is 1. The zero-order valence-corrected chi connectivity index (χ0v) is 26.2. The van der Waals surface area contributed by atoms with E-state index in [9.17, 15) is 0 Å². The molecule has 0 unspecified atom stereocenters. The number of aromatic nitrogens is 4. The van der Waals surface area contributed by atoms with Crippen molar-refractivity contribution in [2.45, 2.75) is 0 Å². The van der Waals surface area contributed by atoms with E-state index < -0.39 is 0 Å². The van der Waals surface area contributed by atoms with Crippen LogP contribution in [0.25, 0.3) is 11.1 Å². The molecule has 2 fully saturated rings. The Bertz CT molecular complexity index is 1480. The molecule has 6 rings (SSSR count). The van der Waals surface area contributed by atoms with Crippen molar-refractivity contribution in [3.8, 4) is 22.6 Å². The van der Waals surface area contributed by atoms with Gasteiger partial charge >= 0.3 is 0 Å². The van der Waals surface area contributed by atoms with Gasteiger partial charge in [0.2, 0.25) is 5.95 Å². The van der Waals surface area contributed by atoms with Gasteiger partial charge in [0, 0.05) is 80.7 Å². The molecular formula is C31H37Cl2N9O2. The minimum absolute atomic E-state index is 0.191. The Labute approximate surface area is 267 Å². The molecule has 2 aromatic carbocycles. The molecule has 13 heteroatoms. The van der Waals surface area contributed by atoms with Crippen LogP contribution in [0, 0.1) is 0 Å². The molecule has 0 radical (unpaired) electrons. The van der Waals surface area contributed by atoms with Gasteiger partial charge in [0.15, 0.2) is 11.6 Å². The third-order valence-corrected chi connectivity index (χ3v) is 8.04. The number of nitrogen functional groups attached to an aromatic ring is 1. The topological polar surface area (TPSA) is 120 Å². The number of hydrogen-bond acceptors (Lipinski definition) is 11. The number of rotatable bonds is 7. The maximum absolute atomic E-state index is 9.05. The molecule has 44 heavy (non-hydrogen) atoms. The fourth-order valence-corrected chi connectivity index (χ4v) is 5.30. The molecule has 0 atom stereocenters. The Morgan fingerprint density at radius 3 is 2.07 bits per heavy atom. The molecule has 11 nitrogen and oxygen atoms in total. The molecular weight excluding hydrogens is 601 g/mol. The van der Waals surface area contributed by atoms with E-state index in [1.165, 1.54) is 0 Å². The Kier molecular flexibility index (Phi) is 11.0. The summed E-state index contributed by atoms with van der Waals surface area (Å²) >= 11 is 11.9. The standard InChI is InChI=1S/C16H20ClN5O.C15H17ClN4O/c17-13-3-1-12(2-4-13)14-11-19-16(18)20-15(14)22-7-5-21(6-8-22)9-10-23;1-19-6-8-20(9-7-19)15-14(10-17-11-18-15)21-13-4-2-12(16)3-5-13/h1-4,11,23H,5-10H2,(H2,18,19,20);2-5,10-11H,6-9H2,1H3. The number of β-amino-alcohol motifs (C(OH)–C–C–N with tert-alkyl or cyclic N) is 1. The number of halogens is 2. The first-order valence-corrected chi connectivity index (χ1v) is 15.3. The van der Waals surface area contributed by atoms with Gasteiger partial charge in [0.1, 0.15) is 17.9 Å². The summed E-state index contributed by atoms with van der Waals surface area (Å²) < 4.78 is 5.91. The number of anilines is 3. The quantitative estimate of drug-likeness (QED) is 0.304. The van der Waals surface area contributed by atoms with E-state index >= 15 is 0 Å². The smallest absolute Gasteiger partial charge is 0.221 e. The van der Waals surface area contributed by atoms with Gasteiger partial charge in [-0.05, 0) is 49.0 Å². The highest BCUT2D eigenvalue weighted by molar-refractivity contribution is 6.30. The van der Waals surface area contributed by atoms with Crippen molar-refractivity contribution in [1.82, 2.24) is 29.7 Å². The Morgan fingerprint density at radius 1 is 0.795 bits per heavy atom. The molecule has 0 aliphatic carbocycles. The summed E-state index contributed by atoms with van der Waals surface area (Å²) in [4.78, 5) is 26.0. The number of likely N-dealkylation sites (N-methyl/N-ethyl adjacent to an activating group) is 1. The largest absolute Gasteiger partial charge is 0.452 e. The van der Waals surface area contributed by atoms with Crippen molar-refractivity contribution in [2.75, 3.05) is 88.1 Å². The number of nitrogens with zero attached hydrogens (tertiary/aromatic N) is 8. The van der Waals surface area contributed by atoms with Crippen LogP contribution >= 0.6 is 23.2 Å². The van der Waals surface area contributed by atoms with Crippen LogP contribution in [0.1, 0.15) is 0 Å². The van der Waals surface area contributed by atoms with Crippen LogP contribution in [0.15, 0.2) is 67.3 Å². The van der Waals surface area contributed by atoms with E-state index in [1.807, 2.05) is 36.4 Å². The first-order chi connectivity index (χ1) is 21.4. The summed E-state index contributed by atoms with van der Waals surface area (Å²) in [6, 6.07) is 14.9. The van der Waals surface area contributed by atoms with E-state index in [2.05, 4.69) is 46.6 Å². The molecule has 0 spiro atoms. The van der Waals surface area contributed by atoms with E-state index in [0.29, 0.717) is 22.3 Å². The van der Waals surface area contributed by atoms with Crippen LogP contribution in [-0.4, -0.2) is 107 Å². The maximum atomic E-state index is 9.05. The van der Waals surface area contributed by atoms with Gasteiger partial charge in [-0.25, -0.2) is 15.0 Å². The molecule has 2 aliphatic heterocycles. The Morgan fingerprint density at radius 2 is 1.41 bits per heavy atom. The van der Waals surface area contributed by atoms with Crippen molar-refractivity contribution in [2.24, 2.45) is 0 Å². The fraction of sp³-hybridized carbons (Fsp3) is 0.355. The predicted molar refractivity (Wildman–Crippen MR) is 176 cm³/mol. The van der Waals surface area contributed by atoms with Crippen LogP contribution in [0.2, 0.25) is 10.0 Å². The van der Waals surface area contributed by atoms with E-state index in [0.717, 1.165) is 80.9 Å². The van der Waals surface area contributed by atoms with Gasteiger partial charge in [-0.3, -0.25) is 4.90 Å². The molecule has 4 aromatic rings. The Hall–Kier alpha value is -3.74. The average Bonchev–Trinajstić information content (AvgIpc) is 3.04. The fourth-order valence-electron chi connectivity index (χ4n) is 5.05. The number of aliphatic hydroxyl groups excluding tert-OH is 1. The van der Waals surface area contributed by atoms with Crippen molar-refractivity contribution >= 4 is 40.8 Å². The molecule has 0 amide bonds. The van der Waals surface area contributed by atoms with Gasteiger partial charge in [-0.15, -0.1) is 0 Å². The summed E-state index contributed by atoms with van der Waals surface area (Å²) in [5, 5.41) is 10.4. The summed E-state index contributed by atoms with van der Waals surface area (Å²) in [7, 11) is 2.13. The second-order valence-electron chi connectivity index (χ2n) is 10.6. The van der Waals surface area contributed by atoms with Gasteiger partial charge in [-0.1, -0.05) is 35.3 Å². The lowest BCUT2D eigenvalue weighted by Gasteiger charge is -2.35. The molecule has 2 saturated heterocycles. The summed E-state index contributed by atoms with van der Waals surface area (Å²) in [6.45, 7) is 8.28. The maximum Gasteiger partial charge on any atom is 0.221 e. The van der Waals surface area contributed by atoms with Crippen molar-refractivity contribution in [1.29, 1.82) is 0 Å². The van der Waals surface area contributed by atoms with Crippen LogP contribution in [0.3, 0.4) is 0 Å². The molecule has 232 valence electrons. The van der Waals surface area contributed by atoms with E-state index in [1.54, 1.807) is 30.9 Å². The lowest BCUT2D eigenvalue weighted by Crippen LogP contribution is -2.47. The summed E-state index contributed by atoms with van der Waals surface area (Å²) in [6.07, 6.45) is 5.03. The highest BCUT2D eigenvalue weighted by Crippen LogP contribution is 2.32. The SMILES string of the molecule is CN1CCN(c2ncncc2Oc2ccc(Cl)cc2)CC1.Nc1ncc(-c2ccc(Cl)cc2)c(N2CCN(CCO)CC2)n1. The van der Waals surface area contributed by atoms with Gasteiger partial charge in [0.05, 0.1) is 12.8 Å². The molecule has 2 aromatic heterocycles. The zero-order chi connectivity index (χ0) is 30.9. The van der Waals surface area contributed by atoms with Crippen molar-refractivity contribution in [3.05, 3.63) is 77.3 Å². The minimum Gasteiger partial charge on any atom is -0.452 e. The molecule has 4 heterocycles. The van der Waals surface area contributed by atoms with Crippen molar-refractivity contribution in [3.63, 3.8) is 0 Å². The van der Waals surface area contributed by atoms with Crippen LogP contribution in [0.5, 0.6) is 11.5 Å². The van der Waals surface area contributed by atoms with Crippen LogP contribution in [-0.2, 0) is 0 Å². The third kappa shape index (κ3) is 8.46. The zero-order valence-electron chi connectivity index (χ0n) is 24.7. The van der Waals surface area contributed by atoms with Crippen LogP contribution in [0.4, 0.5) is 17.6 Å². The summed E-state index contributed by atoms with van der Waals surface area (Å²) in [5.74, 6) is 3.36. The number of hydrogen-bond donors (Lipinski definition) is 2. The van der Waals surface area contributed by atoms with E-state index in [4.69, 9.17) is 38.8 Å². The van der Waals surface area contributed by atoms with Crippen LogP contribution < -0.4 is 20.3 Å². The van der Waals surface area contributed by atoms with Gasteiger partial charge in [0.25, 0.3) is 0 Å². The monoisotopic (exact) mass is 637 g/mol. The Balaban J connectivity index is 0.000000175. The second-order valence-corrected chi connectivity index (χ2v) is 11.5. The number of ether oxygens (including phenoxy) is 1. The molecule has 3 N–H and O–H groups in total. The summed E-state index contributed by atoms with van der Waals surface area (Å²) in [5.41, 5.74) is 7.76. The number of piperazine rings is 2. The highest BCUT2D eigenvalue weighted by Gasteiger charge is 2.22. The average molecular weight is 639 g/mol. The second kappa shape index (κ2) is 15.3. The van der Waals surface area contributed by atoms with Gasteiger partial charge in [-0.2, -0.15) is 4.98 Å². The highest BCUT2D eigenvalue weighted by atomic mass is 35.5. The minimum atomic E-state index is 0.191. The lowest BCUT2D eigenvalue weighted by atomic mass is 10.1. The van der Waals surface area contributed by atoms with E-state index in [-0.39, 0.29) is 12.6 Å². The third-order valence-electron chi connectivity index (χ3n) is 7.53. The first-order valence-electron chi connectivity index (χ1n) is 14.5. The normalized spacial score (nSPS) is 15.9. The first kappa shape index (κ1) is 31.7. The predicted octanol–water partition coefficient (Wildman–Crippen LogP) is 4.17. The molecule has 2 aliphatic rings.